The Morgan fingerprint density at radius 3 is 2.31 bits per heavy atom. The van der Waals surface area contributed by atoms with E-state index in [-0.39, 0.29) is 17.7 Å². The number of aryl methyl sites for hydroxylation is 2. The van der Waals surface area contributed by atoms with E-state index in [9.17, 15) is 9.59 Å². The molecule has 1 aliphatic heterocycles. The molecule has 1 atom stereocenters. The van der Waals surface area contributed by atoms with Gasteiger partial charge in [0, 0.05) is 37.3 Å². The number of fused-ring (bicyclic) bond motifs is 1. The van der Waals surface area contributed by atoms with E-state index in [1.54, 1.807) is 0 Å². The van der Waals surface area contributed by atoms with E-state index in [2.05, 4.69) is 5.16 Å². The number of benzene rings is 2. The third-order valence-corrected chi connectivity index (χ3v) is 5.79. The molecule has 0 N–H and O–H groups in total. The van der Waals surface area contributed by atoms with E-state index in [1.807, 2.05) is 73.0 Å². The first kappa shape index (κ1) is 19.2. The lowest BCUT2D eigenvalue weighted by Gasteiger charge is -2.36. The molecule has 1 fully saturated rings. The van der Waals surface area contributed by atoms with E-state index in [0.717, 1.165) is 22.0 Å². The maximum atomic E-state index is 13.1. The third-order valence-electron chi connectivity index (χ3n) is 5.79. The molecule has 3 aromatic rings. The van der Waals surface area contributed by atoms with Crippen LogP contribution < -0.4 is 0 Å². The Morgan fingerprint density at radius 1 is 0.966 bits per heavy atom. The van der Waals surface area contributed by atoms with Crippen molar-refractivity contribution < 1.29 is 14.1 Å². The molecule has 1 saturated heterocycles. The first-order chi connectivity index (χ1) is 14.0. The van der Waals surface area contributed by atoms with E-state index < -0.39 is 0 Å². The zero-order valence-corrected chi connectivity index (χ0v) is 17.0. The normalized spacial score (nSPS) is 15.6. The molecular weight excluding hydrogens is 366 g/mol. The number of hydrogen-bond acceptors (Lipinski definition) is 4. The standard InChI is InChI=1S/C23H25N3O3/c1-15(21-16(2)24-29-17(21)3)22(27)25-11-13-26(14-12-25)23(28)20-10-6-8-18-7-4-5-9-19(18)20/h4-10,15H,11-14H2,1-3H3/t15-/m0/s1. The van der Waals surface area contributed by atoms with Gasteiger partial charge in [-0.15, -0.1) is 0 Å². The number of aromatic nitrogens is 1. The first-order valence-electron chi connectivity index (χ1n) is 9.96. The van der Waals surface area contributed by atoms with Crippen LogP contribution in [-0.4, -0.2) is 52.9 Å². The number of carbonyl (C=O) groups is 2. The average Bonchev–Trinajstić information content (AvgIpc) is 3.10. The van der Waals surface area contributed by atoms with Gasteiger partial charge >= 0.3 is 0 Å². The quantitative estimate of drug-likeness (QED) is 0.685. The Hall–Kier alpha value is -3.15. The van der Waals surface area contributed by atoms with Gasteiger partial charge in [0.05, 0.1) is 11.6 Å². The van der Waals surface area contributed by atoms with Gasteiger partial charge in [0.15, 0.2) is 0 Å². The summed E-state index contributed by atoms with van der Waals surface area (Å²) in [6.45, 7) is 7.70. The molecule has 1 aliphatic rings. The molecule has 2 aromatic carbocycles. The summed E-state index contributed by atoms with van der Waals surface area (Å²) in [4.78, 5) is 29.8. The molecule has 2 amide bonds. The molecule has 6 heteroatoms. The summed E-state index contributed by atoms with van der Waals surface area (Å²) in [5, 5.41) is 5.98. The number of piperazine rings is 1. The third kappa shape index (κ3) is 3.50. The zero-order valence-electron chi connectivity index (χ0n) is 17.0. The fourth-order valence-electron chi connectivity index (χ4n) is 4.22. The summed E-state index contributed by atoms with van der Waals surface area (Å²) < 4.78 is 5.21. The molecule has 4 rings (SSSR count). The number of hydrogen-bond donors (Lipinski definition) is 0. The molecule has 0 aliphatic carbocycles. The van der Waals surface area contributed by atoms with E-state index in [1.165, 1.54) is 0 Å². The molecule has 2 heterocycles. The van der Waals surface area contributed by atoms with Crippen LogP contribution in [-0.2, 0) is 4.79 Å². The van der Waals surface area contributed by atoms with E-state index in [4.69, 9.17) is 4.52 Å². The van der Waals surface area contributed by atoms with Gasteiger partial charge in [-0.1, -0.05) is 41.6 Å². The predicted molar refractivity (Wildman–Crippen MR) is 111 cm³/mol. The molecule has 150 valence electrons. The van der Waals surface area contributed by atoms with Gasteiger partial charge in [-0.05, 0) is 37.6 Å². The SMILES string of the molecule is Cc1noc(C)c1[C@H](C)C(=O)N1CCN(C(=O)c2cccc3ccccc23)CC1. The topological polar surface area (TPSA) is 66.7 Å². The average molecular weight is 391 g/mol. The highest BCUT2D eigenvalue weighted by atomic mass is 16.5. The van der Waals surface area contributed by atoms with Crippen LogP contribution >= 0.6 is 0 Å². The fourth-order valence-corrected chi connectivity index (χ4v) is 4.22. The van der Waals surface area contributed by atoms with Gasteiger partial charge in [-0.25, -0.2) is 0 Å². The summed E-state index contributed by atoms with van der Waals surface area (Å²) >= 11 is 0. The largest absolute Gasteiger partial charge is 0.361 e. The molecule has 0 saturated carbocycles. The zero-order chi connectivity index (χ0) is 20.5. The summed E-state index contributed by atoms with van der Waals surface area (Å²) in [5.41, 5.74) is 2.34. The molecular formula is C23H25N3O3. The lowest BCUT2D eigenvalue weighted by molar-refractivity contribution is -0.133. The van der Waals surface area contributed by atoms with Crippen LogP contribution in [0.25, 0.3) is 10.8 Å². The summed E-state index contributed by atoms with van der Waals surface area (Å²) in [6, 6.07) is 13.7. The van der Waals surface area contributed by atoms with Crippen molar-refractivity contribution in [3.05, 3.63) is 65.0 Å². The lowest BCUT2D eigenvalue weighted by atomic mass is 9.97. The van der Waals surface area contributed by atoms with Crippen LogP contribution in [0.3, 0.4) is 0 Å². The Morgan fingerprint density at radius 2 is 1.62 bits per heavy atom. The fraction of sp³-hybridized carbons (Fsp3) is 0.348. The van der Waals surface area contributed by atoms with Crippen molar-refractivity contribution >= 4 is 22.6 Å². The van der Waals surface area contributed by atoms with E-state index >= 15 is 0 Å². The Labute approximate surface area is 170 Å². The molecule has 0 bridgehead atoms. The molecule has 1 aromatic heterocycles. The molecule has 0 spiro atoms. The Bertz CT molecular complexity index is 1040. The van der Waals surface area contributed by atoms with Crippen molar-refractivity contribution in [2.75, 3.05) is 26.2 Å². The summed E-state index contributed by atoms with van der Waals surface area (Å²) in [5.74, 6) is 0.457. The highest BCUT2D eigenvalue weighted by Crippen LogP contribution is 2.26. The van der Waals surface area contributed by atoms with Crippen LogP contribution in [0.4, 0.5) is 0 Å². The molecule has 0 unspecified atom stereocenters. The monoisotopic (exact) mass is 391 g/mol. The number of nitrogens with zero attached hydrogens (tertiary/aromatic N) is 3. The van der Waals surface area contributed by atoms with Crippen LogP contribution in [0.15, 0.2) is 47.0 Å². The smallest absolute Gasteiger partial charge is 0.254 e. The summed E-state index contributed by atoms with van der Waals surface area (Å²) in [7, 11) is 0. The number of amides is 2. The van der Waals surface area contributed by atoms with Crippen molar-refractivity contribution in [2.24, 2.45) is 0 Å². The van der Waals surface area contributed by atoms with Gasteiger partial charge in [0.25, 0.3) is 5.91 Å². The highest BCUT2D eigenvalue weighted by Gasteiger charge is 2.30. The lowest BCUT2D eigenvalue weighted by Crippen LogP contribution is -2.51. The van der Waals surface area contributed by atoms with Gasteiger partial charge in [-0.2, -0.15) is 0 Å². The van der Waals surface area contributed by atoms with Crippen molar-refractivity contribution in [1.82, 2.24) is 15.0 Å². The van der Waals surface area contributed by atoms with Gasteiger partial charge in [0.2, 0.25) is 5.91 Å². The van der Waals surface area contributed by atoms with Crippen LogP contribution in [0.5, 0.6) is 0 Å². The van der Waals surface area contributed by atoms with Gasteiger partial charge in [-0.3, -0.25) is 9.59 Å². The molecule has 29 heavy (non-hydrogen) atoms. The maximum Gasteiger partial charge on any atom is 0.254 e. The Balaban J connectivity index is 1.45. The van der Waals surface area contributed by atoms with Crippen LogP contribution in [0, 0.1) is 13.8 Å². The second-order valence-corrected chi connectivity index (χ2v) is 7.60. The van der Waals surface area contributed by atoms with Crippen molar-refractivity contribution in [3.8, 4) is 0 Å². The van der Waals surface area contributed by atoms with E-state index in [0.29, 0.717) is 37.5 Å². The minimum Gasteiger partial charge on any atom is -0.361 e. The minimum absolute atomic E-state index is 0.0210. The predicted octanol–water partition coefficient (Wildman–Crippen LogP) is 3.53. The summed E-state index contributed by atoms with van der Waals surface area (Å²) in [6.07, 6.45) is 0. The second-order valence-electron chi connectivity index (χ2n) is 7.60. The van der Waals surface area contributed by atoms with Crippen LogP contribution in [0.1, 0.15) is 40.2 Å². The van der Waals surface area contributed by atoms with Crippen molar-refractivity contribution in [1.29, 1.82) is 0 Å². The number of rotatable bonds is 3. The minimum atomic E-state index is -0.304. The first-order valence-corrected chi connectivity index (χ1v) is 9.96. The van der Waals surface area contributed by atoms with Crippen molar-refractivity contribution in [2.45, 2.75) is 26.7 Å². The Kier molecular flexibility index (Phi) is 5.09. The van der Waals surface area contributed by atoms with Gasteiger partial charge in [0.1, 0.15) is 5.76 Å². The van der Waals surface area contributed by atoms with Crippen molar-refractivity contribution in [3.63, 3.8) is 0 Å². The van der Waals surface area contributed by atoms with Gasteiger partial charge < -0.3 is 14.3 Å². The molecule has 0 radical (unpaired) electrons. The molecule has 6 nitrogen and oxygen atoms in total. The maximum absolute atomic E-state index is 13.1. The van der Waals surface area contributed by atoms with Crippen LogP contribution in [0.2, 0.25) is 0 Å². The highest BCUT2D eigenvalue weighted by molar-refractivity contribution is 6.07. The second kappa shape index (κ2) is 7.70. The number of carbonyl (C=O) groups excluding carboxylic acids is 2.